The molecule has 0 aliphatic carbocycles. The van der Waals surface area contributed by atoms with Crippen LogP contribution in [0.1, 0.15) is 26.7 Å². The van der Waals surface area contributed by atoms with Gasteiger partial charge in [-0.1, -0.05) is 15.9 Å². The Bertz CT molecular complexity index is 584. The van der Waals surface area contributed by atoms with E-state index in [0.717, 1.165) is 48.7 Å². The van der Waals surface area contributed by atoms with E-state index in [1.54, 1.807) is 0 Å². The molecule has 1 saturated heterocycles. The quantitative estimate of drug-likeness (QED) is 0.314. The molecule has 144 valence electrons. The molecule has 1 aromatic carbocycles. The number of guanidine groups is 1. The van der Waals surface area contributed by atoms with Gasteiger partial charge in [-0.05, 0) is 51.0 Å². The zero-order chi connectivity index (χ0) is 18.8. The third kappa shape index (κ3) is 6.52. The molecule has 1 heterocycles. The average molecular weight is 426 g/mol. The lowest BCUT2D eigenvalue weighted by Gasteiger charge is -2.33. The van der Waals surface area contributed by atoms with Gasteiger partial charge in [0.15, 0.2) is 5.96 Å². The molecule has 1 aromatic rings. The molecule has 0 spiro atoms. The highest BCUT2D eigenvalue weighted by Gasteiger charge is 2.27. The highest BCUT2D eigenvalue weighted by molar-refractivity contribution is 9.10. The largest absolute Gasteiger partial charge is 0.492 e. The highest BCUT2D eigenvalue weighted by atomic mass is 79.9. The number of ether oxygens (including phenoxy) is 2. The second-order valence-corrected chi connectivity index (χ2v) is 6.97. The van der Waals surface area contributed by atoms with Gasteiger partial charge in [0.2, 0.25) is 0 Å². The Morgan fingerprint density at radius 1 is 1.27 bits per heavy atom. The van der Waals surface area contributed by atoms with Crippen molar-refractivity contribution < 1.29 is 14.3 Å². The Labute approximate surface area is 164 Å². The molecule has 1 N–H and O–H groups in total. The Hall–Kier alpha value is -1.76. The van der Waals surface area contributed by atoms with Crippen LogP contribution in [-0.4, -0.2) is 56.2 Å². The molecule has 6 nitrogen and oxygen atoms in total. The van der Waals surface area contributed by atoms with Gasteiger partial charge in [0.25, 0.3) is 0 Å². The van der Waals surface area contributed by atoms with E-state index in [-0.39, 0.29) is 11.9 Å². The van der Waals surface area contributed by atoms with Crippen molar-refractivity contribution in [3.63, 3.8) is 0 Å². The van der Waals surface area contributed by atoms with Crippen molar-refractivity contribution in [3.8, 4) is 5.75 Å². The molecule has 2 rings (SSSR count). The van der Waals surface area contributed by atoms with E-state index < -0.39 is 0 Å². The smallest absolute Gasteiger partial charge is 0.309 e. The van der Waals surface area contributed by atoms with E-state index in [1.807, 2.05) is 31.2 Å². The first-order valence-corrected chi connectivity index (χ1v) is 10.0. The summed E-state index contributed by atoms with van der Waals surface area (Å²) in [5.74, 6) is 1.66. The Balaban J connectivity index is 1.81. The van der Waals surface area contributed by atoms with Gasteiger partial charge in [-0.15, -0.1) is 0 Å². The summed E-state index contributed by atoms with van der Waals surface area (Å²) in [5.41, 5.74) is 0. The second-order valence-electron chi connectivity index (χ2n) is 6.05. The number of esters is 1. The van der Waals surface area contributed by atoms with Gasteiger partial charge in [-0.2, -0.15) is 0 Å². The molecule has 1 fully saturated rings. The molecule has 0 aromatic heterocycles. The molecular formula is C19H28BrN3O3. The van der Waals surface area contributed by atoms with Crippen molar-refractivity contribution in [1.82, 2.24) is 10.2 Å². The number of nitrogens with one attached hydrogen (secondary N) is 1. The zero-order valence-corrected chi connectivity index (χ0v) is 17.1. The topological polar surface area (TPSA) is 63.2 Å². The van der Waals surface area contributed by atoms with Gasteiger partial charge < -0.3 is 19.7 Å². The van der Waals surface area contributed by atoms with Crippen LogP contribution >= 0.6 is 15.9 Å². The number of carbonyl (C=O) groups is 1. The Morgan fingerprint density at radius 2 is 1.96 bits per heavy atom. The molecular weight excluding hydrogens is 398 g/mol. The summed E-state index contributed by atoms with van der Waals surface area (Å²) in [6.07, 6.45) is 1.61. The SMILES string of the molecule is CCNC(=NCCOc1ccc(Br)cc1)N1CCC(C(=O)OCC)CC1. The lowest BCUT2D eigenvalue weighted by atomic mass is 9.97. The minimum absolute atomic E-state index is 0.00909. The molecule has 0 unspecified atom stereocenters. The zero-order valence-electron chi connectivity index (χ0n) is 15.5. The number of aliphatic imine (C=N–C) groups is 1. The van der Waals surface area contributed by atoms with Crippen LogP contribution in [0, 0.1) is 5.92 Å². The number of carbonyl (C=O) groups excluding carboxylic acids is 1. The Morgan fingerprint density at radius 3 is 2.58 bits per heavy atom. The molecule has 0 radical (unpaired) electrons. The van der Waals surface area contributed by atoms with Crippen molar-refractivity contribution in [2.24, 2.45) is 10.9 Å². The van der Waals surface area contributed by atoms with Crippen LogP contribution in [0.2, 0.25) is 0 Å². The van der Waals surface area contributed by atoms with Gasteiger partial charge in [0, 0.05) is 24.1 Å². The average Bonchev–Trinajstić information content (AvgIpc) is 2.66. The molecule has 0 saturated carbocycles. The number of hydrogen-bond donors (Lipinski definition) is 1. The van der Waals surface area contributed by atoms with E-state index in [1.165, 1.54) is 0 Å². The van der Waals surface area contributed by atoms with Crippen LogP contribution in [0.4, 0.5) is 0 Å². The van der Waals surface area contributed by atoms with Crippen LogP contribution in [0.25, 0.3) is 0 Å². The first kappa shape index (κ1) is 20.6. The summed E-state index contributed by atoms with van der Waals surface area (Å²) in [4.78, 5) is 18.7. The minimum Gasteiger partial charge on any atom is -0.492 e. The minimum atomic E-state index is -0.0722. The van der Waals surface area contributed by atoms with Crippen molar-refractivity contribution in [1.29, 1.82) is 0 Å². The number of likely N-dealkylation sites (tertiary alicyclic amines) is 1. The lowest BCUT2D eigenvalue weighted by Crippen LogP contribution is -2.46. The van der Waals surface area contributed by atoms with Crippen molar-refractivity contribution in [3.05, 3.63) is 28.7 Å². The van der Waals surface area contributed by atoms with Crippen LogP contribution in [0.5, 0.6) is 5.75 Å². The standard InChI is InChI=1S/C19H28BrN3O3/c1-3-21-19(22-11-14-26-17-7-5-16(20)6-8-17)23-12-9-15(10-13-23)18(24)25-4-2/h5-8,15H,3-4,9-14H2,1-2H3,(H,21,22). The van der Waals surface area contributed by atoms with Gasteiger partial charge in [0.1, 0.15) is 12.4 Å². The number of halogens is 1. The van der Waals surface area contributed by atoms with E-state index >= 15 is 0 Å². The molecule has 7 heteroatoms. The second kappa shape index (κ2) is 11.1. The monoisotopic (exact) mass is 425 g/mol. The van der Waals surface area contributed by atoms with Crippen LogP contribution in [0.15, 0.2) is 33.7 Å². The maximum Gasteiger partial charge on any atom is 0.309 e. The fraction of sp³-hybridized carbons (Fsp3) is 0.579. The molecule has 26 heavy (non-hydrogen) atoms. The van der Waals surface area contributed by atoms with Crippen molar-refractivity contribution in [2.45, 2.75) is 26.7 Å². The maximum atomic E-state index is 11.9. The molecule has 0 atom stereocenters. The van der Waals surface area contributed by atoms with Gasteiger partial charge in [-0.3, -0.25) is 4.79 Å². The summed E-state index contributed by atoms with van der Waals surface area (Å²) >= 11 is 3.41. The van der Waals surface area contributed by atoms with E-state index in [4.69, 9.17) is 9.47 Å². The van der Waals surface area contributed by atoms with Crippen LogP contribution in [0.3, 0.4) is 0 Å². The third-order valence-corrected chi connectivity index (χ3v) is 4.71. The maximum absolute atomic E-state index is 11.9. The predicted molar refractivity (Wildman–Crippen MR) is 107 cm³/mol. The number of piperidine rings is 1. The summed E-state index contributed by atoms with van der Waals surface area (Å²) in [6, 6.07) is 7.77. The van der Waals surface area contributed by atoms with E-state index in [2.05, 4.69) is 38.1 Å². The first-order chi connectivity index (χ1) is 12.6. The van der Waals surface area contributed by atoms with E-state index in [0.29, 0.717) is 19.8 Å². The van der Waals surface area contributed by atoms with Crippen molar-refractivity contribution in [2.75, 3.05) is 39.4 Å². The molecule has 0 amide bonds. The molecule has 1 aliphatic rings. The Kier molecular flexibility index (Phi) is 8.74. The first-order valence-electron chi connectivity index (χ1n) is 9.22. The van der Waals surface area contributed by atoms with E-state index in [9.17, 15) is 4.79 Å². The highest BCUT2D eigenvalue weighted by Crippen LogP contribution is 2.19. The number of benzene rings is 1. The number of hydrogen-bond acceptors (Lipinski definition) is 4. The van der Waals surface area contributed by atoms with Crippen molar-refractivity contribution >= 4 is 27.9 Å². The number of rotatable bonds is 7. The van der Waals surface area contributed by atoms with Gasteiger partial charge >= 0.3 is 5.97 Å². The number of nitrogens with zero attached hydrogens (tertiary/aromatic N) is 2. The van der Waals surface area contributed by atoms with Gasteiger partial charge in [0.05, 0.1) is 19.1 Å². The fourth-order valence-corrected chi connectivity index (χ4v) is 3.12. The van der Waals surface area contributed by atoms with Gasteiger partial charge in [-0.25, -0.2) is 4.99 Å². The fourth-order valence-electron chi connectivity index (χ4n) is 2.86. The summed E-state index contributed by atoms with van der Waals surface area (Å²) in [6.45, 7) is 7.88. The summed E-state index contributed by atoms with van der Waals surface area (Å²) < 4.78 is 11.9. The summed E-state index contributed by atoms with van der Waals surface area (Å²) in [5, 5.41) is 3.33. The molecule has 1 aliphatic heterocycles. The summed E-state index contributed by atoms with van der Waals surface area (Å²) in [7, 11) is 0. The van der Waals surface area contributed by atoms with Crippen LogP contribution in [-0.2, 0) is 9.53 Å². The lowest BCUT2D eigenvalue weighted by molar-refractivity contribution is -0.149. The predicted octanol–water partition coefficient (Wildman–Crippen LogP) is 3.07. The molecule has 0 bridgehead atoms. The van der Waals surface area contributed by atoms with Crippen LogP contribution < -0.4 is 10.1 Å². The third-order valence-electron chi connectivity index (χ3n) is 4.18. The normalized spacial score (nSPS) is 15.7.